The number of aliphatic hydroxyl groups is 1. The number of ether oxygens (including phenoxy) is 1. The minimum Gasteiger partial charge on any atom is -0.496 e. The predicted molar refractivity (Wildman–Crippen MR) is 67.0 cm³/mol. The fourth-order valence-corrected chi connectivity index (χ4v) is 3.17. The summed E-state index contributed by atoms with van der Waals surface area (Å²) >= 11 is 3.87. The van der Waals surface area contributed by atoms with Gasteiger partial charge < -0.3 is 9.84 Å². The van der Waals surface area contributed by atoms with Crippen LogP contribution in [0.4, 0.5) is 0 Å². The lowest BCUT2D eigenvalue weighted by atomic mass is 10.2. The maximum Gasteiger partial charge on any atom is 0.132 e. The minimum absolute atomic E-state index is 0.109. The van der Waals surface area contributed by atoms with Crippen molar-refractivity contribution in [2.24, 2.45) is 0 Å². The summed E-state index contributed by atoms with van der Waals surface area (Å²) in [6.07, 6.45) is 0. The third kappa shape index (κ3) is 1.74. The number of benzene rings is 1. The van der Waals surface area contributed by atoms with Crippen LogP contribution in [-0.4, -0.2) is 12.2 Å². The van der Waals surface area contributed by atoms with Gasteiger partial charge in [0.2, 0.25) is 0 Å². The number of rotatable bonds is 2. The zero-order valence-electron chi connectivity index (χ0n) is 7.58. The van der Waals surface area contributed by atoms with Crippen molar-refractivity contribution in [1.29, 1.82) is 0 Å². The van der Waals surface area contributed by atoms with Crippen molar-refractivity contribution in [3.8, 4) is 5.75 Å². The summed E-state index contributed by atoms with van der Waals surface area (Å²) in [5.74, 6) is 0.889. The van der Waals surface area contributed by atoms with Crippen LogP contribution in [0, 0.1) is 3.57 Å². The maximum absolute atomic E-state index is 9.01. The van der Waals surface area contributed by atoms with Gasteiger partial charge in [0.1, 0.15) is 5.75 Å². The lowest BCUT2D eigenvalue weighted by molar-refractivity contribution is 0.285. The molecule has 0 aliphatic heterocycles. The Bertz CT molecular complexity index is 464. The molecule has 0 fully saturated rings. The van der Waals surface area contributed by atoms with Gasteiger partial charge in [-0.05, 0) is 46.2 Å². The Labute approximate surface area is 99.7 Å². The summed E-state index contributed by atoms with van der Waals surface area (Å²) in [6, 6.07) is 6.09. The first-order valence-electron chi connectivity index (χ1n) is 4.11. The highest BCUT2D eigenvalue weighted by molar-refractivity contribution is 14.1. The molecular formula is C10H9IO2S. The molecule has 1 heterocycles. The van der Waals surface area contributed by atoms with Gasteiger partial charge in [-0.25, -0.2) is 0 Å². The highest BCUT2D eigenvalue weighted by Crippen LogP contribution is 2.32. The first-order valence-corrected chi connectivity index (χ1v) is 6.01. The molecule has 1 N–H and O–H groups in total. The second kappa shape index (κ2) is 4.04. The van der Waals surface area contributed by atoms with Crippen LogP contribution in [0.3, 0.4) is 0 Å². The molecular weight excluding hydrogens is 311 g/mol. The highest BCUT2D eigenvalue weighted by atomic mass is 127. The van der Waals surface area contributed by atoms with Crippen molar-refractivity contribution >= 4 is 44.0 Å². The van der Waals surface area contributed by atoms with Gasteiger partial charge in [-0.2, -0.15) is 0 Å². The molecule has 0 saturated heterocycles. The fourth-order valence-electron chi connectivity index (χ4n) is 1.33. The summed E-state index contributed by atoms with van der Waals surface area (Å²) in [4.78, 5) is 0.990. The number of hydrogen-bond donors (Lipinski definition) is 1. The third-order valence-corrected chi connectivity index (χ3v) is 3.92. The summed E-state index contributed by atoms with van der Waals surface area (Å²) in [5.41, 5.74) is 0. The Kier molecular flexibility index (Phi) is 2.94. The average Bonchev–Trinajstić information content (AvgIpc) is 2.58. The van der Waals surface area contributed by atoms with Crippen molar-refractivity contribution in [1.82, 2.24) is 0 Å². The molecule has 0 bridgehead atoms. The van der Waals surface area contributed by atoms with E-state index >= 15 is 0 Å². The minimum atomic E-state index is 0.109. The standard InChI is InChI=1S/C10H9IO2S/c1-13-9-3-6-2-7(5-12)14-10(6)4-8(9)11/h2-4,12H,5H2,1H3. The van der Waals surface area contributed by atoms with Crippen LogP contribution in [0.15, 0.2) is 18.2 Å². The topological polar surface area (TPSA) is 29.5 Å². The quantitative estimate of drug-likeness (QED) is 0.862. The Morgan fingerprint density at radius 1 is 1.43 bits per heavy atom. The molecule has 0 aliphatic rings. The van der Waals surface area contributed by atoms with Gasteiger partial charge in [0, 0.05) is 9.58 Å². The van der Waals surface area contributed by atoms with Gasteiger partial charge in [0.05, 0.1) is 17.3 Å². The number of halogens is 1. The van der Waals surface area contributed by atoms with E-state index in [2.05, 4.69) is 28.7 Å². The van der Waals surface area contributed by atoms with Gasteiger partial charge in [-0.1, -0.05) is 0 Å². The number of hydrogen-bond acceptors (Lipinski definition) is 3. The van der Waals surface area contributed by atoms with E-state index in [0.717, 1.165) is 19.6 Å². The smallest absolute Gasteiger partial charge is 0.132 e. The predicted octanol–water partition coefficient (Wildman–Crippen LogP) is 3.01. The SMILES string of the molecule is COc1cc2cc(CO)sc2cc1I. The van der Waals surface area contributed by atoms with E-state index in [0.29, 0.717) is 0 Å². The summed E-state index contributed by atoms with van der Waals surface area (Å²) in [5, 5.41) is 10.1. The molecule has 1 aromatic carbocycles. The number of thiophene rings is 1. The molecule has 14 heavy (non-hydrogen) atoms. The van der Waals surface area contributed by atoms with E-state index in [4.69, 9.17) is 9.84 Å². The molecule has 2 aromatic rings. The van der Waals surface area contributed by atoms with Gasteiger partial charge in [0.15, 0.2) is 0 Å². The molecule has 2 nitrogen and oxygen atoms in total. The third-order valence-electron chi connectivity index (χ3n) is 2.00. The van der Waals surface area contributed by atoms with Crippen molar-refractivity contribution in [3.63, 3.8) is 0 Å². The Morgan fingerprint density at radius 2 is 2.21 bits per heavy atom. The van der Waals surface area contributed by atoms with E-state index < -0.39 is 0 Å². The van der Waals surface area contributed by atoms with E-state index in [1.807, 2.05) is 12.1 Å². The summed E-state index contributed by atoms with van der Waals surface area (Å²) in [6.45, 7) is 0.109. The van der Waals surface area contributed by atoms with Crippen molar-refractivity contribution < 1.29 is 9.84 Å². The second-order valence-corrected chi connectivity index (χ2v) is 5.23. The Morgan fingerprint density at radius 3 is 2.86 bits per heavy atom. The fraction of sp³-hybridized carbons (Fsp3) is 0.200. The largest absolute Gasteiger partial charge is 0.496 e. The first-order chi connectivity index (χ1) is 6.74. The summed E-state index contributed by atoms with van der Waals surface area (Å²) in [7, 11) is 1.67. The van der Waals surface area contributed by atoms with Gasteiger partial charge >= 0.3 is 0 Å². The van der Waals surface area contributed by atoms with E-state index in [-0.39, 0.29) is 6.61 Å². The molecule has 0 aliphatic carbocycles. The van der Waals surface area contributed by atoms with Crippen LogP contribution in [0.1, 0.15) is 4.88 Å². The van der Waals surface area contributed by atoms with E-state index in [1.54, 1.807) is 18.4 Å². The van der Waals surface area contributed by atoms with Crippen molar-refractivity contribution in [2.75, 3.05) is 7.11 Å². The number of aliphatic hydroxyl groups excluding tert-OH is 1. The monoisotopic (exact) mass is 320 g/mol. The molecule has 74 valence electrons. The van der Waals surface area contributed by atoms with Gasteiger partial charge in [-0.15, -0.1) is 11.3 Å². The Balaban J connectivity index is 2.64. The van der Waals surface area contributed by atoms with Crippen molar-refractivity contribution in [2.45, 2.75) is 6.61 Å². The van der Waals surface area contributed by atoms with Crippen LogP contribution in [0.5, 0.6) is 5.75 Å². The van der Waals surface area contributed by atoms with Gasteiger partial charge in [0.25, 0.3) is 0 Å². The lowest BCUT2D eigenvalue weighted by Gasteiger charge is -2.01. The maximum atomic E-state index is 9.01. The molecule has 0 atom stereocenters. The zero-order valence-corrected chi connectivity index (χ0v) is 10.6. The second-order valence-electron chi connectivity index (χ2n) is 2.90. The number of methoxy groups -OCH3 is 1. The molecule has 0 amide bonds. The van der Waals surface area contributed by atoms with Crippen LogP contribution < -0.4 is 4.74 Å². The highest BCUT2D eigenvalue weighted by Gasteiger charge is 2.06. The van der Waals surface area contributed by atoms with Crippen molar-refractivity contribution in [3.05, 3.63) is 26.6 Å². The number of fused-ring (bicyclic) bond motifs is 1. The molecule has 0 spiro atoms. The van der Waals surface area contributed by atoms with Crippen LogP contribution >= 0.6 is 33.9 Å². The average molecular weight is 320 g/mol. The Hall–Kier alpha value is -0.330. The molecule has 0 unspecified atom stereocenters. The zero-order chi connectivity index (χ0) is 10.1. The van der Waals surface area contributed by atoms with E-state index in [9.17, 15) is 0 Å². The molecule has 4 heteroatoms. The molecule has 0 radical (unpaired) electrons. The molecule has 0 saturated carbocycles. The van der Waals surface area contributed by atoms with Crippen LogP contribution in [0.2, 0.25) is 0 Å². The normalized spacial score (nSPS) is 10.8. The van der Waals surface area contributed by atoms with Crippen LogP contribution in [-0.2, 0) is 6.61 Å². The summed E-state index contributed by atoms with van der Waals surface area (Å²) < 4.78 is 7.53. The van der Waals surface area contributed by atoms with Crippen LogP contribution in [0.25, 0.3) is 10.1 Å². The van der Waals surface area contributed by atoms with E-state index in [1.165, 1.54) is 4.70 Å². The first kappa shape index (κ1) is 10.2. The lowest BCUT2D eigenvalue weighted by Crippen LogP contribution is -1.85. The molecule has 1 aromatic heterocycles. The molecule has 2 rings (SSSR count). The van der Waals surface area contributed by atoms with Gasteiger partial charge in [-0.3, -0.25) is 0 Å².